The lowest BCUT2D eigenvalue weighted by Crippen LogP contribution is -1.94. The van der Waals surface area contributed by atoms with Gasteiger partial charge in [-0.25, -0.2) is 4.98 Å². The van der Waals surface area contributed by atoms with Crippen LogP contribution in [0.4, 0.5) is 0 Å². The van der Waals surface area contributed by atoms with Gasteiger partial charge in [0.15, 0.2) is 0 Å². The van der Waals surface area contributed by atoms with Crippen LogP contribution < -0.4 is 0 Å². The quantitative estimate of drug-likeness (QED) is 0.311. The Kier molecular flexibility index (Phi) is 6.03. The van der Waals surface area contributed by atoms with Crippen LogP contribution in [0.25, 0.3) is 27.1 Å². The average Bonchev–Trinajstić information content (AvgIpc) is 3.45. The number of benzene rings is 1. The second kappa shape index (κ2) is 9.03. The van der Waals surface area contributed by atoms with E-state index < -0.39 is 0 Å². The molecule has 1 aromatic carbocycles. The highest BCUT2D eigenvalue weighted by Crippen LogP contribution is 2.37. The zero-order valence-electron chi connectivity index (χ0n) is 14.9. The van der Waals surface area contributed by atoms with Gasteiger partial charge in [-0.15, -0.1) is 34.4 Å². The van der Waals surface area contributed by atoms with Gasteiger partial charge in [-0.05, 0) is 34.5 Å². The van der Waals surface area contributed by atoms with E-state index in [1.165, 1.54) is 5.56 Å². The Balaban J connectivity index is 1.67. The molecule has 0 amide bonds. The third-order valence-electron chi connectivity index (χ3n) is 4.08. The van der Waals surface area contributed by atoms with E-state index >= 15 is 0 Å². The van der Waals surface area contributed by atoms with Gasteiger partial charge < -0.3 is 0 Å². The normalized spacial score (nSPS) is 11.0. The minimum Gasteiger partial charge on any atom is -0.239 e. The molecule has 3 heterocycles. The van der Waals surface area contributed by atoms with E-state index in [9.17, 15) is 5.26 Å². The summed E-state index contributed by atoms with van der Waals surface area (Å²) in [5, 5.41) is 14.7. The van der Waals surface area contributed by atoms with Crippen LogP contribution in [0.3, 0.4) is 0 Å². The summed E-state index contributed by atoms with van der Waals surface area (Å²) in [5.74, 6) is 0.758. The standard InChI is InChI=1S/C23H16N2S3/c24-16-19-18(21-10-5-12-26-21)15-20(22-11-6-13-27-22)25-23(19)28-14-4-9-17-7-2-1-3-8-17/h1-13,15H,14H2/b9-4+. The SMILES string of the molecule is N#Cc1c(-c2cccs2)cc(-c2cccs2)nc1SC/C=C/c1ccccc1. The lowest BCUT2D eigenvalue weighted by molar-refractivity contribution is 1.13. The second-order valence-electron chi connectivity index (χ2n) is 5.93. The molecule has 0 atom stereocenters. The van der Waals surface area contributed by atoms with Crippen LogP contribution in [0.5, 0.6) is 0 Å². The molecule has 4 aromatic rings. The van der Waals surface area contributed by atoms with E-state index in [0.717, 1.165) is 31.8 Å². The lowest BCUT2D eigenvalue weighted by Gasteiger charge is -2.10. The van der Waals surface area contributed by atoms with Crippen LogP contribution >= 0.6 is 34.4 Å². The van der Waals surface area contributed by atoms with Gasteiger partial charge in [0.1, 0.15) is 11.1 Å². The summed E-state index contributed by atoms with van der Waals surface area (Å²) >= 11 is 4.91. The van der Waals surface area contributed by atoms with Crippen LogP contribution in [-0.2, 0) is 0 Å². The summed E-state index contributed by atoms with van der Waals surface area (Å²) in [7, 11) is 0. The van der Waals surface area contributed by atoms with Gasteiger partial charge in [0, 0.05) is 16.2 Å². The predicted molar refractivity (Wildman–Crippen MR) is 122 cm³/mol. The Morgan fingerprint density at radius 3 is 2.39 bits per heavy atom. The van der Waals surface area contributed by atoms with E-state index in [1.807, 2.05) is 41.8 Å². The van der Waals surface area contributed by atoms with Gasteiger partial charge in [-0.3, -0.25) is 0 Å². The Bertz CT molecular complexity index is 1110. The fourth-order valence-electron chi connectivity index (χ4n) is 2.79. The molecule has 0 aliphatic carbocycles. The van der Waals surface area contributed by atoms with Gasteiger partial charge in [-0.2, -0.15) is 5.26 Å². The van der Waals surface area contributed by atoms with Crippen molar-refractivity contribution in [3.05, 3.63) is 88.6 Å². The summed E-state index contributed by atoms with van der Waals surface area (Å²) in [5.41, 5.74) is 3.71. The maximum absolute atomic E-state index is 9.84. The zero-order chi connectivity index (χ0) is 19.2. The van der Waals surface area contributed by atoms with E-state index in [-0.39, 0.29) is 0 Å². The van der Waals surface area contributed by atoms with Crippen LogP contribution in [0.1, 0.15) is 11.1 Å². The zero-order valence-corrected chi connectivity index (χ0v) is 17.4. The van der Waals surface area contributed by atoms with Crippen molar-refractivity contribution < 1.29 is 0 Å². The molecule has 4 rings (SSSR count). The number of rotatable bonds is 6. The molecule has 0 radical (unpaired) electrons. The van der Waals surface area contributed by atoms with Crippen molar-refractivity contribution >= 4 is 40.5 Å². The van der Waals surface area contributed by atoms with Crippen molar-refractivity contribution in [3.63, 3.8) is 0 Å². The first-order valence-corrected chi connectivity index (χ1v) is 11.5. The third-order valence-corrected chi connectivity index (χ3v) is 6.81. The number of hydrogen-bond donors (Lipinski definition) is 0. The average molecular weight is 417 g/mol. The number of nitrogens with zero attached hydrogens (tertiary/aromatic N) is 2. The molecule has 0 fully saturated rings. The molecule has 0 N–H and O–H groups in total. The molecule has 5 heteroatoms. The Morgan fingerprint density at radius 2 is 1.71 bits per heavy atom. The number of nitriles is 1. The first kappa shape index (κ1) is 18.7. The first-order valence-electron chi connectivity index (χ1n) is 8.72. The van der Waals surface area contributed by atoms with Gasteiger partial charge in [0.05, 0.1) is 16.1 Å². The van der Waals surface area contributed by atoms with Crippen molar-refractivity contribution in [1.82, 2.24) is 4.98 Å². The van der Waals surface area contributed by atoms with Gasteiger partial charge in [-0.1, -0.05) is 54.6 Å². The summed E-state index contributed by atoms with van der Waals surface area (Å²) < 4.78 is 0. The summed E-state index contributed by atoms with van der Waals surface area (Å²) in [6.07, 6.45) is 4.22. The smallest absolute Gasteiger partial charge is 0.116 e. The number of aromatic nitrogens is 1. The van der Waals surface area contributed by atoms with Gasteiger partial charge >= 0.3 is 0 Å². The minimum atomic E-state index is 0.654. The lowest BCUT2D eigenvalue weighted by atomic mass is 10.1. The van der Waals surface area contributed by atoms with Crippen molar-refractivity contribution in [3.8, 4) is 27.1 Å². The summed E-state index contributed by atoms with van der Waals surface area (Å²) in [4.78, 5) is 7.03. The second-order valence-corrected chi connectivity index (χ2v) is 8.83. The fourth-order valence-corrected chi connectivity index (χ4v) is 5.03. The monoisotopic (exact) mass is 416 g/mol. The molecule has 0 aliphatic rings. The summed E-state index contributed by atoms with van der Waals surface area (Å²) in [6, 6.07) is 22.8. The van der Waals surface area contributed by atoms with E-state index in [1.54, 1.807) is 34.4 Å². The largest absolute Gasteiger partial charge is 0.239 e. The molecule has 0 unspecified atom stereocenters. The predicted octanol–water partition coefficient (Wildman–Crippen LogP) is 7.22. The Labute approximate surface area is 176 Å². The molecular formula is C23H16N2S3. The number of thioether (sulfide) groups is 1. The highest BCUT2D eigenvalue weighted by Gasteiger charge is 2.16. The van der Waals surface area contributed by atoms with Crippen LogP contribution in [-0.4, -0.2) is 10.7 Å². The van der Waals surface area contributed by atoms with Crippen LogP contribution in [0.15, 0.2) is 82.5 Å². The highest BCUT2D eigenvalue weighted by molar-refractivity contribution is 7.99. The third kappa shape index (κ3) is 4.26. The molecule has 2 nitrogen and oxygen atoms in total. The highest BCUT2D eigenvalue weighted by atomic mass is 32.2. The summed E-state index contributed by atoms with van der Waals surface area (Å²) in [6.45, 7) is 0. The van der Waals surface area contributed by atoms with E-state index in [4.69, 9.17) is 4.98 Å². The Hall–Kier alpha value is -2.65. The molecular weight excluding hydrogens is 400 g/mol. The van der Waals surface area contributed by atoms with Crippen molar-refractivity contribution in [2.75, 3.05) is 5.75 Å². The van der Waals surface area contributed by atoms with Crippen LogP contribution in [0.2, 0.25) is 0 Å². The molecule has 0 bridgehead atoms. The topological polar surface area (TPSA) is 36.7 Å². The number of thiophene rings is 2. The number of pyridine rings is 1. The van der Waals surface area contributed by atoms with Gasteiger partial charge in [0.2, 0.25) is 0 Å². The first-order chi connectivity index (χ1) is 13.8. The molecule has 0 aliphatic heterocycles. The van der Waals surface area contributed by atoms with Crippen molar-refractivity contribution in [2.24, 2.45) is 0 Å². The molecule has 0 saturated heterocycles. The van der Waals surface area contributed by atoms with Gasteiger partial charge in [0.25, 0.3) is 0 Å². The number of hydrogen-bond acceptors (Lipinski definition) is 5. The van der Waals surface area contributed by atoms with Crippen molar-refractivity contribution in [1.29, 1.82) is 5.26 Å². The maximum atomic E-state index is 9.84. The molecule has 28 heavy (non-hydrogen) atoms. The molecule has 136 valence electrons. The maximum Gasteiger partial charge on any atom is 0.116 e. The fraction of sp³-hybridized carbons (Fsp3) is 0.0435. The molecule has 3 aromatic heterocycles. The minimum absolute atomic E-state index is 0.654. The molecule has 0 spiro atoms. The van der Waals surface area contributed by atoms with Crippen molar-refractivity contribution in [2.45, 2.75) is 5.03 Å². The van der Waals surface area contributed by atoms with Crippen LogP contribution in [0, 0.1) is 11.3 Å². The van der Waals surface area contributed by atoms with E-state index in [2.05, 4.69) is 47.9 Å². The van der Waals surface area contributed by atoms with E-state index in [0.29, 0.717) is 5.56 Å². The Morgan fingerprint density at radius 1 is 0.964 bits per heavy atom. The molecule has 0 saturated carbocycles.